The number of ketones is 1. The fourth-order valence-corrected chi connectivity index (χ4v) is 5.42. The number of aromatic nitrogens is 1. The molecule has 0 spiro atoms. The number of carbonyl (C=O) groups is 2. The number of aliphatic carboxylic acids is 1. The first kappa shape index (κ1) is 22.2. The smallest absolute Gasteiger partial charge is 0.307 e. The fourth-order valence-electron chi connectivity index (χ4n) is 4.49. The average Bonchev–Trinajstić information content (AvgIpc) is 3.47. The van der Waals surface area contributed by atoms with Crippen LogP contribution >= 0.6 is 11.3 Å². The van der Waals surface area contributed by atoms with E-state index in [1.165, 1.54) is 17.4 Å². The summed E-state index contributed by atoms with van der Waals surface area (Å²) in [5, 5.41) is 12.9. The van der Waals surface area contributed by atoms with Gasteiger partial charge in [-0.1, -0.05) is 54.2 Å². The number of Topliss-reactive ketones (excluding diaryl/α,β-unsaturated/α-hetero) is 1. The van der Waals surface area contributed by atoms with E-state index in [0.717, 1.165) is 29.3 Å². The number of halogens is 2. The number of benzene rings is 3. The summed E-state index contributed by atoms with van der Waals surface area (Å²) in [4.78, 5) is 28.4. The minimum atomic E-state index is -0.899. The molecule has 0 unspecified atom stereocenters. The zero-order valence-corrected chi connectivity index (χ0v) is 18.7. The van der Waals surface area contributed by atoms with Gasteiger partial charge in [-0.05, 0) is 42.2 Å². The summed E-state index contributed by atoms with van der Waals surface area (Å²) in [5.41, 5.74) is 3.26. The Balaban J connectivity index is 1.29. The lowest BCUT2D eigenvalue weighted by molar-refractivity contribution is -0.142. The number of hydrogen-bond acceptors (Lipinski definition) is 5. The lowest BCUT2D eigenvalue weighted by Crippen LogP contribution is -2.25. The molecule has 0 aliphatic heterocycles. The molecule has 1 aliphatic rings. The van der Waals surface area contributed by atoms with Crippen molar-refractivity contribution in [2.24, 2.45) is 11.8 Å². The summed E-state index contributed by atoms with van der Waals surface area (Å²) in [6.45, 7) is 0. The summed E-state index contributed by atoms with van der Waals surface area (Å²) in [6.07, 6.45) is 1.92. The van der Waals surface area contributed by atoms with E-state index in [-0.39, 0.29) is 11.3 Å². The van der Waals surface area contributed by atoms with Crippen molar-refractivity contribution in [1.82, 2.24) is 4.98 Å². The van der Waals surface area contributed by atoms with E-state index in [1.54, 1.807) is 12.1 Å². The predicted octanol–water partition coefficient (Wildman–Crippen LogP) is 6.67. The molecule has 2 N–H and O–H groups in total. The maximum atomic E-state index is 13.9. The Kier molecular flexibility index (Phi) is 5.83. The van der Waals surface area contributed by atoms with Crippen LogP contribution in [0, 0.1) is 23.5 Å². The highest BCUT2D eigenvalue weighted by Gasteiger charge is 2.37. The number of nitrogens with one attached hydrogen (secondary N) is 1. The van der Waals surface area contributed by atoms with E-state index in [0.29, 0.717) is 28.2 Å². The van der Waals surface area contributed by atoms with E-state index in [2.05, 4.69) is 10.3 Å². The zero-order chi connectivity index (χ0) is 23.8. The molecule has 0 radical (unpaired) electrons. The fraction of sp³-hybridized carbons (Fsp3) is 0.192. The molecule has 3 aromatic carbocycles. The van der Waals surface area contributed by atoms with E-state index in [9.17, 15) is 23.5 Å². The maximum absolute atomic E-state index is 13.9. The number of rotatable bonds is 6. The van der Waals surface area contributed by atoms with Gasteiger partial charge in [0.15, 0.2) is 16.7 Å². The van der Waals surface area contributed by atoms with Gasteiger partial charge in [0, 0.05) is 23.2 Å². The highest BCUT2D eigenvalue weighted by Crippen LogP contribution is 2.35. The van der Waals surface area contributed by atoms with Gasteiger partial charge in [-0.25, -0.2) is 13.8 Å². The summed E-state index contributed by atoms with van der Waals surface area (Å²) in [7, 11) is 0. The van der Waals surface area contributed by atoms with E-state index < -0.39 is 29.4 Å². The Morgan fingerprint density at radius 1 is 0.941 bits per heavy atom. The Morgan fingerprint density at radius 3 is 2.26 bits per heavy atom. The van der Waals surface area contributed by atoms with Crippen LogP contribution in [0.5, 0.6) is 0 Å². The third-order valence-electron chi connectivity index (χ3n) is 6.22. The standard InChI is InChI=1S/C26H20F2N2O3S/c27-17-12-21(28)23-22(13-17)34-26(30-23)29-18-10-8-15(9-11-18)14-4-6-16(7-5-14)24(31)19-2-1-3-20(19)25(32)33/h4-13,19-20H,1-3H2,(H,29,30)(H,32,33)/t19-,20-/m0/s1. The van der Waals surface area contributed by atoms with Crippen LogP contribution in [0.2, 0.25) is 0 Å². The van der Waals surface area contributed by atoms with Gasteiger partial charge in [0.2, 0.25) is 0 Å². The normalized spacial score (nSPS) is 17.7. The number of carbonyl (C=O) groups excluding carboxylic acids is 1. The van der Waals surface area contributed by atoms with Crippen LogP contribution in [-0.4, -0.2) is 21.8 Å². The van der Waals surface area contributed by atoms with Crippen LogP contribution in [-0.2, 0) is 4.79 Å². The largest absolute Gasteiger partial charge is 0.481 e. The number of anilines is 2. The van der Waals surface area contributed by atoms with Gasteiger partial charge in [0.25, 0.3) is 0 Å². The number of nitrogens with zero attached hydrogens (tertiary/aromatic N) is 1. The van der Waals surface area contributed by atoms with Crippen LogP contribution in [0.15, 0.2) is 60.7 Å². The molecule has 1 fully saturated rings. The molecular weight excluding hydrogens is 458 g/mol. The maximum Gasteiger partial charge on any atom is 0.307 e. The number of carboxylic acid groups (broad SMARTS) is 1. The van der Waals surface area contributed by atoms with Gasteiger partial charge in [-0.15, -0.1) is 0 Å². The Bertz CT molecular complexity index is 1380. The molecule has 1 saturated carbocycles. The summed E-state index contributed by atoms with van der Waals surface area (Å²) in [5.74, 6) is -3.39. The molecule has 172 valence electrons. The van der Waals surface area contributed by atoms with Crippen molar-refractivity contribution < 1.29 is 23.5 Å². The van der Waals surface area contributed by atoms with Crippen molar-refractivity contribution in [3.63, 3.8) is 0 Å². The van der Waals surface area contributed by atoms with Crippen LogP contribution < -0.4 is 5.32 Å². The second-order valence-corrected chi connectivity index (χ2v) is 9.41. The lowest BCUT2D eigenvalue weighted by atomic mass is 9.88. The third kappa shape index (κ3) is 4.28. The van der Waals surface area contributed by atoms with Gasteiger partial charge >= 0.3 is 5.97 Å². The molecular formula is C26H20F2N2O3S. The molecule has 1 heterocycles. The number of hydrogen-bond donors (Lipinski definition) is 2. The monoisotopic (exact) mass is 478 g/mol. The molecule has 0 amide bonds. The SMILES string of the molecule is O=C(O)[C@H]1CCC[C@@H]1C(=O)c1ccc(-c2ccc(Nc3nc4c(F)cc(F)cc4s3)cc2)cc1. The van der Waals surface area contributed by atoms with Gasteiger partial charge in [-0.3, -0.25) is 9.59 Å². The number of carboxylic acids is 1. The van der Waals surface area contributed by atoms with E-state index in [4.69, 9.17) is 0 Å². The van der Waals surface area contributed by atoms with Crippen molar-refractivity contribution in [2.45, 2.75) is 19.3 Å². The Hall–Kier alpha value is -3.65. The van der Waals surface area contributed by atoms with Crippen molar-refractivity contribution in [3.05, 3.63) is 77.9 Å². The topological polar surface area (TPSA) is 79.3 Å². The molecule has 5 nitrogen and oxygen atoms in total. The minimum absolute atomic E-state index is 0.108. The first-order valence-electron chi connectivity index (χ1n) is 10.9. The Labute approximate surface area is 198 Å². The molecule has 1 aromatic heterocycles. The molecule has 34 heavy (non-hydrogen) atoms. The van der Waals surface area contributed by atoms with Crippen molar-refractivity contribution in [3.8, 4) is 11.1 Å². The first-order chi connectivity index (χ1) is 16.4. The summed E-state index contributed by atoms with van der Waals surface area (Å²) >= 11 is 1.17. The van der Waals surface area contributed by atoms with Crippen LogP contribution in [0.25, 0.3) is 21.3 Å². The molecule has 5 rings (SSSR count). The quantitative estimate of drug-likeness (QED) is 0.303. The van der Waals surface area contributed by atoms with Gasteiger partial charge in [-0.2, -0.15) is 0 Å². The summed E-state index contributed by atoms with van der Waals surface area (Å²) in [6, 6.07) is 16.8. The van der Waals surface area contributed by atoms with Crippen molar-refractivity contribution >= 4 is 44.1 Å². The average molecular weight is 479 g/mol. The predicted molar refractivity (Wildman–Crippen MR) is 127 cm³/mol. The number of fused-ring (bicyclic) bond motifs is 1. The highest BCUT2D eigenvalue weighted by atomic mass is 32.1. The highest BCUT2D eigenvalue weighted by molar-refractivity contribution is 7.22. The molecule has 1 aliphatic carbocycles. The second-order valence-electron chi connectivity index (χ2n) is 8.38. The third-order valence-corrected chi connectivity index (χ3v) is 7.14. The molecule has 2 atom stereocenters. The zero-order valence-electron chi connectivity index (χ0n) is 17.9. The van der Waals surface area contributed by atoms with Gasteiger partial charge in [0.05, 0.1) is 10.6 Å². The second kappa shape index (κ2) is 8.95. The molecule has 0 saturated heterocycles. The van der Waals surface area contributed by atoms with E-state index in [1.807, 2.05) is 36.4 Å². The van der Waals surface area contributed by atoms with Gasteiger partial charge in [0.1, 0.15) is 11.3 Å². The van der Waals surface area contributed by atoms with Gasteiger partial charge < -0.3 is 10.4 Å². The van der Waals surface area contributed by atoms with Crippen molar-refractivity contribution in [2.75, 3.05) is 5.32 Å². The Morgan fingerprint density at radius 2 is 1.59 bits per heavy atom. The van der Waals surface area contributed by atoms with E-state index >= 15 is 0 Å². The minimum Gasteiger partial charge on any atom is -0.481 e. The number of thiazole rings is 1. The van der Waals surface area contributed by atoms with Crippen molar-refractivity contribution in [1.29, 1.82) is 0 Å². The van der Waals surface area contributed by atoms with Crippen LogP contribution in [0.4, 0.5) is 19.6 Å². The molecule has 0 bridgehead atoms. The first-order valence-corrected chi connectivity index (χ1v) is 11.7. The van der Waals surface area contributed by atoms with Crippen LogP contribution in [0.1, 0.15) is 29.6 Å². The molecule has 4 aromatic rings. The summed E-state index contributed by atoms with van der Waals surface area (Å²) < 4.78 is 27.7. The lowest BCUT2D eigenvalue weighted by Gasteiger charge is -2.14. The molecule has 8 heteroatoms. The van der Waals surface area contributed by atoms with Crippen LogP contribution in [0.3, 0.4) is 0 Å².